The lowest BCUT2D eigenvalue weighted by molar-refractivity contribution is 0.0979. The van der Waals surface area contributed by atoms with Gasteiger partial charge >= 0.3 is 0 Å². The lowest BCUT2D eigenvalue weighted by atomic mass is 9.96. The lowest BCUT2D eigenvalue weighted by Crippen LogP contribution is -2.54. The second-order valence-electron chi connectivity index (χ2n) is 5.72. The molecule has 21 heavy (non-hydrogen) atoms. The highest BCUT2D eigenvalue weighted by molar-refractivity contribution is 5.31. The average molecular weight is 292 g/mol. The highest BCUT2D eigenvalue weighted by Gasteiger charge is 2.25. The van der Waals surface area contributed by atoms with Crippen LogP contribution in [0.3, 0.4) is 0 Å². The van der Waals surface area contributed by atoms with Crippen molar-refractivity contribution in [1.82, 2.24) is 10.2 Å². The Morgan fingerprint density at radius 2 is 2.00 bits per heavy atom. The monoisotopic (exact) mass is 292 g/mol. The number of nitrogens with one attached hydrogen (secondary N) is 1. The molecule has 0 aromatic heterocycles. The fourth-order valence-corrected chi connectivity index (χ4v) is 2.83. The molecule has 0 saturated carbocycles. The van der Waals surface area contributed by atoms with E-state index in [2.05, 4.69) is 24.1 Å². The topological polar surface area (TPSA) is 33.7 Å². The van der Waals surface area contributed by atoms with Crippen LogP contribution in [0.4, 0.5) is 0 Å². The van der Waals surface area contributed by atoms with Gasteiger partial charge in [0.2, 0.25) is 0 Å². The van der Waals surface area contributed by atoms with E-state index in [1.165, 1.54) is 6.42 Å². The predicted octanol–water partition coefficient (Wildman–Crippen LogP) is 2.39. The largest absolute Gasteiger partial charge is 0.497 e. The van der Waals surface area contributed by atoms with Crippen LogP contribution in [0.5, 0.6) is 11.5 Å². The normalized spacial score (nSPS) is 21.0. The van der Waals surface area contributed by atoms with Crippen molar-refractivity contribution in [3.05, 3.63) is 24.3 Å². The van der Waals surface area contributed by atoms with Crippen molar-refractivity contribution >= 4 is 0 Å². The minimum atomic E-state index is 0.628. The van der Waals surface area contributed by atoms with Crippen LogP contribution < -0.4 is 14.8 Å². The minimum Gasteiger partial charge on any atom is -0.497 e. The van der Waals surface area contributed by atoms with Gasteiger partial charge in [0.15, 0.2) is 0 Å². The third-order valence-electron chi connectivity index (χ3n) is 4.41. The zero-order valence-corrected chi connectivity index (χ0v) is 13.5. The molecule has 1 fully saturated rings. The number of methoxy groups -OCH3 is 1. The summed E-state index contributed by atoms with van der Waals surface area (Å²) < 4.78 is 11.0. The van der Waals surface area contributed by atoms with Crippen LogP contribution in [-0.4, -0.2) is 50.8 Å². The second-order valence-corrected chi connectivity index (χ2v) is 5.72. The molecule has 2 unspecified atom stereocenters. The summed E-state index contributed by atoms with van der Waals surface area (Å²) in [4.78, 5) is 2.56. The molecule has 0 aliphatic carbocycles. The summed E-state index contributed by atoms with van der Waals surface area (Å²) >= 11 is 0. The van der Waals surface area contributed by atoms with Gasteiger partial charge in [-0.3, -0.25) is 4.90 Å². The predicted molar refractivity (Wildman–Crippen MR) is 86.2 cm³/mol. The Labute approximate surface area is 128 Å². The molecule has 1 aromatic rings. The summed E-state index contributed by atoms with van der Waals surface area (Å²) in [5, 5.41) is 3.50. The molecule has 2 atom stereocenters. The summed E-state index contributed by atoms with van der Waals surface area (Å²) in [6.45, 7) is 9.62. The molecule has 1 aliphatic rings. The van der Waals surface area contributed by atoms with Gasteiger partial charge in [-0.1, -0.05) is 20.3 Å². The first-order chi connectivity index (χ1) is 10.2. The van der Waals surface area contributed by atoms with E-state index >= 15 is 0 Å². The van der Waals surface area contributed by atoms with Gasteiger partial charge in [0.1, 0.15) is 18.1 Å². The number of piperazine rings is 1. The molecule has 1 saturated heterocycles. The lowest BCUT2D eigenvalue weighted by Gasteiger charge is -2.39. The molecule has 1 aromatic carbocycles. The van der Waals surface area contributed by atoms with Crippen LogP contribution in [0.15, 0.2) is 24.3 Å². The summed E-state index contributed by atoms with van der Waals surface area (Å²) in [6.07, 6.45) is 1.22. The van der Waals surface area contributed by atoms with Crippen LogP contribution >= 0.6 is 0 Å². The Kier molecular flexibility index (Phi) is 6.33. The summed E-state index contributed by atoms with van der Waals surface area (Å²) in [6, 6.07) is 8.42. The van der Waals surface area contributed by atoms with Crippen LogP contribution in [0.25, 0.3) is 0 Å². The first-order valence-corrected chi connectivity index (χ1v) is 7.96. The molecule has 1 heterocycles. The molecule has 0 spiro atoms. The number of hydrogen-bond donors (Lipinski definition) is 1. The van der Waals surface area contributed by atoms with E-state index in [1.807, 2.05) is 24.3 Å². The van der Waals surface area contributed by atoms with E-state index in [0.717, 1.165) is 50.2 Å². The maximum atomic E-state index is 5.85. The molecule has 1 aliphatic heterocycles. The number of nitrogens with zero attached hydrogens (tertiary/aromatic N) is 1. The zero-order chi connectivity index (χ0) is 15.1. The van der Waals surface area contributed by atoms with Crippen molar-refractivity contribution in [2.24, 2.45) is 5.92 Å². The van der Waals surface area contributed by atoms with E-state index in [9.17, 15) is 0 Å². The van der Waals surface area contributed by atoms with E-state index < -0.39 is 0 Å². The summed E-state index contributed by atoms with van der Waals surface area (Å²) in [5.74, 6) is 2.49. The maximum Gasteiger partial charge on any atom is 0.119 e. The Bertz CT molecular complexity index is 408. The molecule has 0 amide bonds. The fourth-order valence-electron chi connectivity index (χ4n) is 2.83. The quantitative estimate of drug-likeness (QED) is 0.837. The highest BCUT2D eigenvalue weighted by Crippen LogP contribution is 2.18. The van der Waals surface area contributed by atoms with Crippen LogP contribution in [0, 0.1) is 5.92 Å². The molecule has 0 radical (unpaired) electrons. The van der Waals surface area contributed by atoms with Gasteiger partial charge < -0.3 is 14.8 Å². The Balaban J connectivity index is 1.80. The van der Waals surface area contributed by atoms with Crippen molar-refractivity contribution in [2.45, 2.75) is 26.3 Å². The molecule has 1 N–H and O–H groups in total. The number of hydrogen-bond acceptors (Lipinski definition) is 4. The molecule has 4 heteroatoms. The fraction of sp³-hybridized carbons (Fsp3) is 0.647. The number of rotatable bonds is 7. The average Bonchev–Trinajstić information content (AvgIpc) is 2.55. The van der Waals surface area contributed by atoms with Gasteiger partial charge in [-0.2, -0.15) is 0 Å². The Morgan fingerprint density at radius 1 is 1.29 bits per heavy atom. The van der Waals surface area contributed by atoms with Crippen molar-refractivity contribution in [3.63, 3.8) is 0 Å². The number of ether oxygens (including phenoxy) is 2. The van der Waals surface area contributed by atoms with E-state index in [1.54, 1.807) is 7.11 Å². The molecular weight excluding hydrogens is 264 g/mol. The van der Waals surface area contributed by atoms with Crippen molar-refractivity contribution in [2.75, 3.05) is 39.9 Å². The molecular formula is C17H28N2O2. The van der Waals surface area contributed by atoms with Crippen LogP contribution in [-0.2, 0) is 0 Å². The van der Waals surface area contributed by atoms with Crippen molar-refractivity contribution < 1.29 is 9.47 Å². The van der Waals surface area contributed by atoms with Gasteiger partial charge in [-0.25, -0.2) is 0 Å². The summed E-state index contributed by atoms with van der Waals surface area (Å²) in [5.41, 5.74) is 0. The Morgan fingerprint density at radius 3 is 2.67 bits per heavy atom. The molecule has 118 valence electrons. The number of benzene rings is 1. The van der Waals surface area contributed by atoms with Gasteiger partial charge in [0, 0.05) is 32.2 Å². The first-order valence-electron chi connectivity index (χ1n) is 7.96. The smallest absolute Gasteiger partial charge is 0.119 e. The Hall–Kier alpha value is -1.26. The maximum absolute atomic E-state index is 5.85. The molecule has 4 nitrogen and oxygen atoms in total. The molecule has 2 rings (SSSR count). The third-order valence-corrected chi connectivity index (χ3v) is 4.41. The van der Waals surface area contributed by atoms with Gasteiger partial charge in [-0.05, 0) is 30.2 Å². The first kappa shape index (κ1) is 16.1. The summed E-state index contributed by atoms with van der Waals surface area (Å²) in [7, 11) is 1.68. The zero-order valence-electron chi connectivity index (χ0n) is 13.5. The second kappa shape index (κ2) is 8.25. The minimum absolute atomic E-state index is 0.628. The van der Waals surface area contributed by atoms with Crippen molar-refractivity contribution in [1.29, 1.82) is 0 Å². The van der Waals surface area contributed by atoms with E-state index in [0.29, 0.717) is 6.04 Å². The standard InChI is InChI=1S/C17H28N2O2/c1-4-14(2)17-13-18-9-10-19(17)11-12-21-16-7-5-15(20-3)6-8-16/h5-8,14,17-18H,4,9-13H2,1-3H3. The SMILES string of the molecule is CCC(C)C1CNCCN1CCOc1ccc(OC)cc1. The van der Waals surface area contributed by atoms with E-state index in [-0.39, 0.29) is 0 Å². The van der Waals surface area contributed by atoms with Gasteiger partial charge in [-0.15, -0.1) is 0 Å². The molecule has 0 bridgehead atoms. The van der Waals surface area contributed by atoms with Gasteiger partial charge in [0.25, 0.3) is 0 Å². The third kappa shape index (κ3) is 4.61. The van der Waals surface area contributed by atoms with Gasteiger partial charge in [0.05, 0.1) is 7.11 Å². The van der Waals surface area contributed by atoms with Crippen LogP contribution in [0.1, 0.15) is 20.3 Å². The van der Waals surface area contributed by atoms with Crippen LogP contribution in [0.2, 0.25) is 0 Å². The van der Waals surface area contributed by atoms with E-state index in [4.69, 9.17) is 9.47 Å². The van der Waals surface area contributed by atoms with Crippen molar-refractivity contribution in [3.8, 4) is 11.5 Å². The highest BCUT2D eigenvalue weighted by atomic mass is 16.5.